The fourth-order valence-corrected chi connectivity index (χ4v) is 3.23. The Labute approximate surface area is 123 Å². The minimum Gasteiger partial charge on any atom is -0.348 e. The second kappa shape index (κ2) is 7.09. The number of thioether (sulfide) groups is 1. The van der Waals surface area contributed by atoms with Gasteiger partial charge in [-0.3, -0.25) is 4.79 Å². The van der Waals surface area contributed by atoms with Gasteiger partial charge in [-0.05, 0) is 23.6 Å². The standard InChI is InChI=1S/C15H21FN2OS/c1-10(2)14(11-3-5-12(16)6-4-11)18-15(19)13-9-20-8-7-17-13/h3-6,10,13-14,17H,7-9H2,1-2H3,(H,18,19). The van der Waals surface area contributed by atoms with Gasteiger partial charge >= 0.3 is 0 Å². The highest BCUT2D eigenvalue weighted by Crippen LogP contribution is 2.22. The molecule has 2 unspecified atom stereocenters. The molecule has 0 saturated carbocycles. The molecular weight excluding hydrogens is 275 g/mol. The van der Waals surface area contributed by atoms with Crippen LogP contribution in [-0.4, -0.2) is 30.0 Å². The Hall–Kier alpha value is -1.07. The van der Waals surface area contributed by atoms with Crippen LogP contribution in [0.5, 0.6) is 0 Å². The third kappa shape index (κ3) is 3.96. The molecule has 0 spiro atoms. The van der Waals surface area contributed by atoms with Crippen molar-refractivity contribution in [2.24, 2.45) is 5.92 Å². The molecule has 2 N–H and O–H groups in total. The number of rotatable bonds is 4. The molecule has 1 fully saturated rings. The Balaban J connectivity index is 2.05. The smallest absolute Gasteiger partial charge is 0.238 e. The molecule has 1 heterocycles. The van der Waals surface area contributed by atoms with Crippen LogP contribution >= 0.6 is 11.8 Å². The van der Waals surface area contributed by atoms with E-state index in [4.69, 9.17) is 0 Å². The topological polar surface area (TPSA) is 41.1 Å². The second-order valence-corrected chi connectivity index (χ2v) is 6.51. The zero-order valence-electron chi connectivity index (χ0n) is 11.9. The number of benzene rings is 1. The summed E-state index contributed by atoms with van der Waals surface area (Å²) < 4.78 is 13.0. The summed E-state index contributed by atoms with van der Waals surface area (Å²) in [6, 6.07) is 6.14. The van der Waals surface area contributed by atoms with Crippen molar-refractivity contribution in [3.8, 4) is 0 Å². The van der Waals surface area contributed by atoms with Crippen LogP contribution < -0.4 is 10.6 Å². The summed E-state index contributed by atoms with van der Waals surface area (Å²) in [6.07, 6.45) is 0. The molecule has 3 nitrogen and oxygen atoms in total. The summed E-state index contributed by atoms with van der Waals surface area (Å²) in [5.41, 5.74) is 0.943. The van der Waals surface area contributed by atoms with Crippen molar-refractivity contribution in [3.63, 3.8) is 0 Å². The third-order valence-electron chi connectivity index (χ3n) is 3.43. The van der Waals surface area contributed by atoms with Crippen molar-refractivity contribution in [1.29, 1.82) is 0 Å². The predicted octanol–water partition coefficient (Wildman–Crippen LogP) is 2.34. The van der Waals surface area contributed by atoms with Crippen LogP contribution in [0.1, 0.15) is 25.5 Å². The summed E-state index contributed by atoms with van der Waals surface area (Å²) in [7, 11) is 0. The highest BCUT2D eigenvalue weighted by atomic mass is 32.2. The van der Waals surface area contributed by atoms with E-state index in [2.05, 4.69) is 24.5 Å². The van der Waals surface area contributed by atoms with Crippen molar-refractivity contribution in [3.05, 3.63) is 35.6 Å². The number of halogens is 1. The predicted molar refractivity (Wildman–Crippen MR) is 81.2 cm³/mol. The van der Waals surface area contributed by atoms with Crippen LogP contribution in [0.25, 0.3) is 0 Å². The Bertz CT molecular complexity index is 444. The third-order valence-corrected chi connectivity index (χ3v) is 4.49. The van der Waals surface area contributed by atoms with Gasteiger partial charge in [-0.1, -0.05) is 26.0 Å². The lowest BCUT2D eigenvalue weighted by atomic mass is 9.95. The molecule has 0 aliphatic carbocycles. The van der Waals surface area contributed by atoms with Crippen molar-refractivity contribution >= 4 is 17.7 Å². The molecule has 0 bridgehead atoms. The maximum absolute atomic E-state index is 13.0. The normalized spacial score (nSPS) is 20.7. The summed E-state index contributed by atoms with van der Waals surface area (Å²) in [6.45, 7) is 4.97. The lowest BCUT2D eigenvalue weighted by Crippen LogP contribution is -2.50. The fraction of sp³-hybridized carbons (Fsp3) is 0.533. The minimum absolute atomic E-state index is 0.0280. The van der Waals surface area contributed by atoms with Crippen molar-refractivity contribution in [2.75, 3.05) is 18.1 Å². The van der Waals surface area contributed by atoms with Crippen LogP contribution in [0.3, 0.4) is 0 Å². The molecular formula is C15H21FN2OS. The van der Waals surface area contributed by atoms with E-state index in [1.54, 1.807) is 23.9 Å². The number of hydrogen-bond acceptors (Lipinski definition) is 3. The summed E-state index contributed by atoms with van der Waals surface area (Å²) in [4.78, 5) is 12.3. The van der Waals surface area contributed by atoms with Crippen LogP contribution in [0.4, 0.5) is 4.39 Å². The molecule has 1 amide bonds. The first kappa shape index (κ1) is 15.3. The molecule has 1 saturated heterocycles. The SMILES string of the molecule is CC(C)C(NC(=O)C1CSCCN1)c1ccc(F)cc1. The van der Waals surface area contributed by atoms with Gasteiger partial charge in [0.1, 0.15) is 5.82 Å². The highest BCUT2D eigenvalue weighted by molar-refractivity contribution is 7.99. The van der Waals surface area contributed by atoms with Crippen LogP contribution in [0.2, 0.25) is 0 Å². The molecule has 20 heavy (non-hydrogen) atoms. The van der Waals surface area contributed by atoms with Gasteiger partial charge in [0.15, 0.2) is 0 Å². The molecule has 1 aliphatic rings. The quantitative estimate of drug-likeness (QED) is 0.896. The van der Waals surface area contributed by atoms with E-state index >= 15 is 0 Å². The Morgan fingerprint density at radius 1 is 1.40 bits per heavy atom. The number of amides is 1. The molecule has 1 aliphatic heterocycles. The van der Waals surface area contributed by atoms with E-state index < -0.39 is 0 Å². The zero-order valence-corrected chi connectivity index (χ0v) is 12.7. The first-order chi connectivity index (χ1) is 9.58. The maximum Gasteiger partial charge on any atom is 0.238 e. The van der Waals surface area contributed by atoms with E-state index in [1.807, 2.05) is 0 Å². The van der Waals surface area contributed by atoms with E-state index in [-0.39, 0.29) is 29.7 Å². The van der Waals surface area contributed by atoms with E-state index in [1.165, 1.54) is 12.1 Å². The zero-order chi connectivity index (χ0) is 14.5. The van der Waals surface area contributed by atoms with Gasteiger partial charge in [0.2, 0.25) is 5.91 Å². The van der Waals surface area contributed by atoms with Crippen LogP contribution in [-0.2, 0) is 4.79 Å². The average Bonchev–Trinajstić information content (AvgIpc) is 2.46. The fourth-order valence-electron chi connectivity index (χ4n) is 2.29. The minimum atomic E-state index is -0.257. The van der Waals surface area contributed by atoms with Gasteiger partial charge < -0.3 is 10.6 Å². The van der Waals surface area contributed by atoms with E-state index in [9.17, 15) is 9.18 Å². The Morgan fingerprint density at radius 3 is 2.65 bits per heavy atom. The van der Waals surface area contributed by atoms with Gasteiger partial charge in [0.05, 0.1) is 12.1 Å². The van der Waals surface area contributed by atoms with Gasteiger partial charge in [0, 0.05) is 18.1 Å². The summed E-state index contributed by atoms with van der Waals surface area (Å²) in [5, 5.41) is 6.32. The molecule has 2 rings (SSSR count). The van der Waals surface area contributed by atoms with Gasteiger partial charge in [-0.15, -0.1) is 0 Å². The number of hydrogen-bond donors (Lipinski definition) is 2. The first-order valence-electron chi connectivity index (χ1n) is 6.95. The average molecular weight is 296 g/mol. The lowest BCUT2D eigenvalue weighted by Gasteiger charge is -2.28. The maximum atomic E-state index is 13.0. The first-order valence-corrected chi connectivity index (χ1v) is 8.10. The molecule has 1 aromatic carbocycles. The van der Waals surface area contributed by atoms with E-state index in [0.717, 1.165) is 23.6 Å². The van der Waals surface area contributed by atoms with Gasteiger partial charge in [0.25, 0.3) is 0 Å². The van der Waals surface area contributed by atoms with Crippen LogP contribution in [0, 0.1) is 11.7 Å². The van der Waals surface area contributed by atoms with Crippen molar-refractivity contribution in [2.45, 2.75) is 25.9 Å². The largest absolute Gasteiger partial charge is 0.348 e. The van der Waals surface area contributed by atoms with Gasteiger partial charge in [-0.25, -0.2) is 4.39 Å². The molecule has 1 aromatic rings. The van der Waals surface area contributed by atoms with Crippen LogP contribution in [0.15, 0.2) is 24.3 Å². The lowest BCUT2D eigenvalue weighted by molar-refractivity contribution is -0.123. The molecule has 0 aromatic heterocycles. The monoisotopic (exact) mass is 296 g/mol. The number of carbonyl (C=O) groups is 1. The van der Waals surface area contributed by atoms with Gasteiger partial charge in [-0.2, -0.15) is 11.8 Å². The molecule has 5 heteroatoms. The van der Waals surface area contributed by atoms with Crippen molar-refractivity contribution < 1.29 is 9.18 Å². The van der Waals surface area contributed by atoms with Crippen molar-refractivity contribution in [1.82, 2.24) is 10.6 Å². The Kier molecular flexibility index (Phi) is 5.43. The molecule has 2 atom stereocenters. The van der Waals surface area contributed by atoms with E-state index in [0.29, 0.717) is 0 Å². The number of carbonyl (C=O) groups excluding carboxylic acids is 1. The highest BCUT2D eigenvalue weighted by Gasteiger charge is 2.25. The molecule has 110 valence electrons. The molecule has 0 radical (unpaired) electrons. The Morgan fingerprint density at radius 2 is 2.10 bits per heavy atom. The summed E-state index contributed by atoms with van der Waals surface area (Å²) >= 11 is 1.79. The second-order valence-electron chi connectivity index (χ2n) is 5.36. The summed E-state index contributed by atoms with van der Waals surface area (Å²) in [5.74, 6) is 1.88. The number of nitrogens with one attached hydrogen (secondary N) is 2.